The van der Waals surface area contributed by atoms with Gasteiger partial charge in [-0.05, 0) is 33.4 Å². The number of hydrogen-bond donors (Lipinski definition) is 2. The maximum atomic E-state index is 5.62. The Bertz CT molecular complexity index is 489. The van der Waals surface area contributed by atoms with Gasteiger partial charge in [0.15, 0.2) is 0 Å². The highest BCUT2D eigenvalue weighted by atomic mass is 15.3. The molecule has 0 bridgehead atoms. The van der Waals surface area contributed by atoms with Gasteiger partial charge < -0.3 is 15.2 Å². The predicted molar refractivity (Wildman–Crippen MR) is 79.5 cm³/mol. The Morgan fingerprint density at radius 3 is 2.90 bits per heavy atom. The molecule has 0 spiro atoms. The molecule has 6 nitrogen and oxygen atoms in total. The van der Waals surface area contributed by atoms with Crippen molar-refractivity contribution in [1.29, 1.82) is 0 Å². The lowest BCUT2D eigenvalue weighted by molar-refractivity contribution is 0.113. The largest absolute Gasteiger partial charge is 0.308 e. The Hall–Kier alpha value is -1.24. The summed E-state index contributed by atoms with van der Waals surface area (Å²) >= 11 is 0. The van der Waals surface area contributed by atoms with Gasteiger partial charge in [-0.2, -0.15) is 0 Å². The van der Waals surface area contributed by atoms with Crippen LogP contribution in [0.4, 0.5) is 5.82 Å². The van der Waals surface area contributed by atoms with Gasteiger partial charge >= 0.3 is 0 Å². The summed E-state index contributed by atoms with van der Waals surface area (Å²) < 4.78 is 0. The van der Waals surface area contributed by atoms with Gasteiger partial charge in [0.2, 0.25) is 0 Å². The standard InChI is InChI=1S/C14H24N6/c1-19-6-7-20(2)10(9-19)8-13-16-12-5-3-4-11(12)14(17-13)18-15/h10H,3-9,15H2,1-2H3,(H,16,17,18). The van der Waals surface area contributed by atoms with Gasteiger partial charge in [0.25, 0.3) is 0 Å². The van der Waals surface area contributed by atoms with E-state index < -0.39 is 0 Å². The van der Waals surface area contributed by atoms with Crippen molar-refractivity contribution < 1.29 is 0 Å². The van der Waals surface area contributed by atoms with Crippen LogP contribution >= 0.6 is 0 Å². The fourth-order valence-corrected chi connectivity index (χ4v) is 3.23. The van der Waals surface area contributed by atoms with Crippen molar-refractivity contribution in [2.75, 3.05) is 39.2 Å². The third-order valence-corrected chi connectivity index (χ3v) is 4.51. The number of hydrogen-bond acceptors (Lipinski definition) is 6. The number of anilines is 1. The molecule has 2 heterocycles. The first-order valence-electron chi connectivity index (χ1n) is 7.41. The van der Waals surface area contributed by atoms with Crippen molar-refractivity contribution >= 4 is 5.82 Å². The van der Waals surface area contributed by atoms with Gasteiger partial charge in [-0.3, -0.25) is 0 Å². The van der Waals surface area contributed by atoms with Crippen LogP contribution in [0.1, 0.15) is 23.5 Å². The van der Waals surface area contributed by atoms with E-state index >= 15 is 0 Å². The van der Waals surface area contributed by atoms with E-state index in [9.17, 15) is 0 Å². The van der Waals surface area contributed by atoms with Crippen LogP contribution in [0.5, 0.6) is 0 Å². The molecule has 1 aliphatic heterocycles. The summed E-state index contributed by atoms with van der Waals surface area (Å²) in [5, 5.41) is 0. The molecule has 0 amide bonds. The first kappa shape index (κ1) is 13.7. The number of nitrogens with zero attached hydrogens (tertiary/aromatic N) is 4. The SMILES string of the molecule is CN1CCN(C)C(Cc2nc3c(c(NN)n2)CCC3)C1. The number of likely N-dealkylation sites (N-methyl/N-ethyl adjacent to an activating group) is 2. The van der Waals surface area contributed by atoms with Gasteiger partial charge in [0, 0.05) is 43.4 Å². The van der Waals surface area contributed by atoms with Crippen molar-refractivity contribution in [1.82, 2.24) is 19.8 Å². The Morgan fingerprint density at radius 2 is 2.10 bits per heavy atom. The quantitative estimate of drug-likeness (QED) is 0.600. The summed E-state index contributed by atoms with van der Waals surface area (Å²) in [6.45, 7) is 3.31. The molecule has 3 N–H and O–H groups in total. The van der Waals surface area contributed by atoms with Crippen LogP contribution in [0, 0.1) is 0 Å². The van der Waals surface area contributed by atoms with E-state index in [0.717, 1.165) is 57.0 Å². The van der Waals surface area contributed by atoms with E-state index in [1.54, 1.807) is 0 Å². The zero-order chi connectivity index (χ0) is 14.1. The van der Waals surface area contributed by atoms with Gasteiger partial charge in [0.05, 0.1) is 0 Å². The van der Waals surface area contributed by atoms with Crippen LogP contribution in [-0.2, 0) is 19.3 Å². The fourth-order valence-electron chi connectivity index (χ4n) is 3.23. The molecule has 0 saturated carbocycles. The van der Waals surface area contributed by atoms with E-state index in [4.69, 9.17) is 10.8 Å². The number of nitrogen functional groups attached to an aromatic ring is 1. The molecule has 20 heavy (non-hydrogen) atoms. The number of aromatic nitrogens is 2. The first-order chi connectivity index (χ1) is 9.67. The fraction of sp³-hybridized carbons (Fsp3) is 0.714. The van der Waals surface area contributed by atoms with Crippen LogP contribution in [0.2, 0.25) is 0 Å². The Labute approximate surface area is 120 Å². The summed E-state index contributed by atoms with van der Waals surface area (Å²) in [6.07, 6.45) is 4.15. The number of fused-ring (bicyclic) bond motifs is 1. The van der Waals surface area contributed by atoms with Gasteiger partial charge in [-0.1, -0.05) is 0 Å². The molecule has 1 aromatic heterocycles. The zero-order valence-corrected chi connectivity index (χ0v) is 12.4. The van der Waals surface area contributed by atoms with Crippen molar-refractivity contribution in [2.45, 2.75) is 31.7 Å². The van der Waals surface area contributed by atoms with E-state index in [-0.39, 0.29) is 0 Å². The molecular weight excluding hydrogens is 252 g/mol. The minimum absolute atomic E-state index is 0.485. The van der Waals surface area contributed by atoms with Crippen molar-refractivity contribution in [3.05, 3.63) is 17.1 Å². The minimum Gasteiger partial charge on any atom is -0.308 e. The van der Waals surface area contributed by atoms with Crippen molar-refractivity contribution in [2.24, 2.45) is 5.84 Å². The second-order valence-corrected chi connectivity index (χ2v) is 6.01. The molecule has 1 aromatic rings. The molecular formula is C14H24N6. The van der Waals surface area contributed by atoms with Crippen LogP contribution in [0.15, 0.2) is 0 Å². The lowest BCUT2D eigenvalue weighted by atomic mass is 10.1. The summed E-state index contributed by atoms with van der Waals surface area (Å²) in [7, 11) is 4.36. The van der Waals surface area contributed by atoms with E-state index in [1.165, 1.54) is 11.3 Å². The molecule has 0 radical (unpaired) electrons. The molecule has 1 saturated heterocycles. The zero-order valence-electron chi connectivity index (χ0n) is 12.4. The van der Waals surface area contributed by atoms with Crippen LogP contribution < -0.4 is 11.3 Å². The lowest BCUT2D eigenvalue weighted by Gasteiger charge is -2.37. The monoisotopic (exact) mass is 276 g/mol. The first-order valence-corrected chi connectivity index (χ1v) is 7.41. The highest BCUT2D eigenvalue weighted by Crippen LogP contribution is 2.26. The van der Waals surface area contributed by atoms with E-state index in [2.05, 4.69) is 34.3 Å². The van der Waals surface area contributed by atoms with Crippen LogP contribution in [0.25, 0.3) is 0 Å². The molecule has 1 atom stereocenters. The second-order valence-electron chi connectivity index (χ2n) is 6.01. The molecule has 0 aromatic carbocycles. The third-order valence-electron chi connectivity index (χ3n) is 4.51. The smallest absolute Gasteiger partial charge is 0.147 e. The molecule has 1 fully saturated rings. The maximum Gasteiger partial charge on any atom is 0.147 e. The number of nitrogens with two attached hydrogens (primary N) is 1. The summed E-state index contributed by atoms with van der Waals surface area (Å²) in [4.78, 5) is 14.2. The number of hydrazine groups is 1. The highest BCUT2D eigenvalue weighted by molar-refractivity contribution is 5.47. The topological polar surface area (TPSA) is 70.3 Å². The number of piperazine rings is 1. The summed E-state index contributed by atoms with van der Waals surface area (Å²) in [5.74, 6) is 7.37. The summed E-state index contributed by atoms with van der Waals surface area (Å²) in [6, 6.07) is 0.485. The minimum atomic E-state index is 0.485. The normalized spacial score (nSPS) is 23.9. The Morgan fingerprint density at radius 1 is 1.25 bits per heavy atom. The second kappa shape index (κ2) is 5.63. The van der Waals surface area contributed by atoms with Gasteiger partial charge in [-0.25, -0.2) is 15.8 Å². The number of aryl methyl sites for hydroxylation is 1. The van der Waals surface area contributed by atoms with Gasteiger partial charge in [-0.15, -0.1) is 0 Å². The van der Waals surface area contributed by atoms with Crippen LogP contribution in [-0.4, -0.2) is 59.5 Å². The van der Waals surface area contributed by atoms with Crippen molar-refractivity contribution in [3.8, 4) is 0 Å². The van der Waals surface area contributed by atoms with E-state index in [1.807, 2.05) is 0 Å². The maximum absolute atomic E-state index is 5.62. The Kier molecular flexibility index (Phi) is 3.87. The summed E-state index contributed by atoms with van der Waals surface area (Å²) in [5.41, 5.74) is 5.15. The number of rotatable bonds is 3. The average molecular weight is 276 g/mol. The average Bonchev–Trinajstić information content (AvgIpc) is 2.90. The van der Waals surface area contributed by atoms with Gasteiger partial charge in [0.1, 0.15) is 11.6 Å². The van der Waals surface area contributed by atoms with E-state index in [0.29, 0.717) is 6.04 Å². The molecule has 3 rings (SSSR count). The molecule has 6 heteroatoms. The predicted octanol–water partition coefficient (Wildman–Crippen LogP) is 0.0392. The van der Waals surface area contributed by atoms with Crippen molar-refractivity contribution in [3.63, 3.8) is 0 Å². The molecule has 1 aliphatic carbocycles. The number of nitrogens with one attached hydrogen (secondary N) is 1. The third kappa shape index (κ3) is 2.63. The Balaban J connectivity index is 1.80. The lowest BCUT2D eigenvalue weighted by Crippen LogP contribution is -2.51. The van der Waals surface area contributed by atoms with Crippen LogP contribution in [0.3, 0.4) is 0 Å². The molecule has 110 valence electrons. The molecule has 2 aliphatic rings. The highest BCUT2D eigenvalue weighted by Gasteiger charge is 2.25. The molecule has 1 unspecified atom stereocenters.